The van der Waals surface area contributed by atoms with Gasteiger partial charge in [0.15, 0.2) is 5.65 Å². The maximum Gasteiger partial charge on any atom is 0.250 e. The van der Waals surface area contributed by atoms with Gasteiger partial charge in [-0.15, -0.1) is 0 Å². The molecule has 1 amide bonds. The van der Waals surface area contributed by atoms with Crippen LogP contribution in [-0.4, -0.2) is 35.4 Å². The molecule has 2 N–H and O–H groups in total. The summed E-state index contributed by atoms with van der Waals surface area (Å²) >= 11 is 0. The quantitative estimate of drug-likeness (QED) is 0.323. The van der Waals surface area contributed by atoms with Crippen LogP contribution in [0.15, 0.2) is 90.0 Å². The number of fused-ring (bicyclic) bond motifs is 1. The Balaban J connectivity index is 1.39. The van der Waals surface area contributed by atoms with E-state index < -0.39 is 0 Å². The fourth-order valence-electron chi connectivity index (χ4n) is 4.60. The summed E-state index contributed by atoms with van der Waals surface area (Å²) in [6.45, 7) is 10.8. The van der Waals surface area contributed by atoms with E-state index in [9.17, 15) is 4.79 Å². The number of allylic oxidation sites excluding steroid dienone is 9. The summed E-state index contributed by atoms with van der Waals surface area (Å²) in [7, 11) is 0. The van der Waals surface area contributed by atoms with Crippen LogP contribution in [0, 0.1) is 5.41 Å². The van der Waals surface area contributed by atoms with E-state index >= 15 is 0 Å². The Morgan fingerprint density at radius 1 is 1.22 bits per heavy atom. The lowest BCUT2D eigenvalue weighted by Gasteiger charge is -2.37. The van der Waals surface area contributed by atoms with E-state index in [0.29, 0.717) is 23.2 Å². The lowest BCUT2D eigenvalue weighted by molar-refractivity contribution is -0.112. The topological polar surface area (TPSA) is 101 Å². The van der Waals surface area contributed by atoms with Crippen molar-refractivity contribution in [3.05, 3.63) is 90.0 Å². The number of nitrogens with one attached hydrogen (secondary N) is 2. The molecule has 1 atom stereocenters. The predicted molar refractivity (Wildman–Crippen MR) is 143 cm³/mol. The Kier molecular flexibility index (Phi) is 7.43. The summed E-state index contributed by atoms with van der Waals surface area (Å²) in [5.41, 5.74) is 6.04. The van der Waals surface area contributed by atoms with Gasteiger partial charge in [-0.3, -0.25) is 10.1 Å². The molecule has 0 bridgehead atoms. The van der Waals surface area contributed by atoms with Gasteiger partial charge < -0.3 is 9.55 Å². The van der Waals surface area contributed by atoms with Crippen LogP contribution in [0.25, 0.3) is 11.2 Å². The fraction of sp³-hybridized carbons (Fsp3) is 0.321. The summed E-state index contributed by atoms with van der Waals surface area (Å²) in [5.74, 6) is 0.0778. The number of carbonyl (C=O) groups is 1. The predicted octanol–water partition coefficient (Wildman–Crippen LogP) is 5.87. The largest absolute Gasteiger partial charge is 0.330 e. The van der Waals surface area contributed by atoms with Crippen LogP contribution in [-0.2, 0) is 4.79 Å². The van der Waals surface area contributed by atoms with Gasteiger partial charge >= 0.3 is 0 Å². The third-order valence-electron chi connectivity index (χ3n) is 6.57. The molecule has 8 heteroatoms. The molecule has 3 heterocycles. The molecule has 1 aliphatic rings. The van der Waals surface area contributed by atoms with E-state index in [-0.39, 0.29) is 11.3 Å². The monoisotopic (exact) mass is 483 g/mol. The van der Waals surface area contributed by atoms with E-state index in [1.165, 1.54) is 23.5 Å². The highest BCUT2D eigenvalue weighted by Gasteiger charge is 2.32. The molecule has 0 aliphatic heterocycles. The maximum absolute atomic E-state index is 12.3. The number of imidazole rings is 2. The minimum atomic E-state index is -0.265. The molecule has 186 valence electrons. The molecule has 1 aliphatic carbocycles. The van der Waals surface area contributed by atoms with Gasteiger partial charge in [0.2, 0.25) is 5.95 Å². The molecule has 0 fully saturated rings. The van der Waals surface area contributed by atoms with Crippen LogP contribution in [0.2, 0.25) is 0 Å². The highest BCUT2D eigenvalue weighted by atomic mass is 16.1. The standard InChI is InChI=1S/C28H33N7O/c1-19(9-10-22-21(3)24(11-12-28(22,4)5)35-14-13-29-18-35)7-6-8-20(2)15-25(36)33-27-32-23-16-30-17-31-26(23)34-27/h6-10,13-18,24H,11-12H2,1-5H3,(H2,30,31,32,33,34,36). The van der Waals surface area contributed by atoms with Gasteiger partial charge in [-0.25, -0.2) is 15.0 Å². The number of anilines is 1. The summed E-state index contributed by atoms with van der Waals surface area (Å²) < 4.78 is 2.21. The van der Waals surface area contributed by atoms with Crippen LogP contribution in [0.1, 0.15) is 53.5 Å². The summed E-state index contributed by atoms with van der Waals surface area (Å²) in [6, 6.07) is 0.357. The molecular weight excluding hydrogens is 450 g/mol. The van der Waals surface area contributed by atoms with Crippen molar-refractivity contribution in [2.45, 2.75) is 53.5 Å². The second-order valence-electron chi connectivity index (χ2n) is 9.87. The number of aromatic nitrogens is 6. The number of amides is 1. The van der Waals surface area contributed by atoms with Crippen molar-refractivity contribution in [3.63, 3.8) is 0 Å². The van der Waals surface area contributed by atoms with Gasteiger partial charge in [0.1, 0.15) is 11.8 Å². The molecule has 0 saturated carbocycles. The molecule has 0 aromatic carbocycles. The van der Waals surface area contributed by atoms with E-state index in [4.69, 9.17) is 0 Å². The zero-order valence-corrected chi connectivity index (χ0v) is 21.5. The first-order valence-corrected chi connectivity index (χ1v) is 12.1. The third-order valence-corrected chi connectivity index (χ3v) is 6.57. The normalized spacial score (nSPS) is 19.1. The van der Waals surface area contributed by atoms with Crippen LogP contribution in [0.5, 0.6) is 0 Å². The molecule has 1 unspecified atom stereocenters. The van der Waals surface area contributed by atoms with Crippen molar-refractivity contribution in [1.82, 2.24) is 29.5 Å². The van der Waals surface area contributed by atoms with Crippen molar-refractivity contribution >= 4 is 23.0 Å². The number of nitrogens with zero attached hydrogens (tertiary/aromatic N) is 5. The number of rotatable bonds is 7. The van der Waals surface area contributed by atoms with Crippen molar-refractivity contribution in [2.24, 2.45) is 5.41 Å². The number of H-pyrrole nitrogens is 1. The number of aromatic amines is 1. The average Bonchev–Trinajstić information content (AvgIpc) is 3.48. The minimum absolute atomic E-state index is 0.132. The van der Waals surface area contributed by atoms with Crippen LogP contribution < -0.4 is 5.32 Å². The maximum atomic E-state index is 12.3. The van der Waals surface area contributed by atoms with Gasteiger partial charge in [0.05, 0.1) is 18.6 Å². The molecule has 0 radical (unpaired) electrons. The first-order valence-electron chi connectivity index (χ1n) is 12.1. The Labute approximate surface area is 211 Å². The Bertz CT molecular complexity index is 1350. The van der Waals surface area contributed by atoms with E-state index in [2.05, 4.69) is 74.7 Å². The molecule has 3 aromatic heterocycles. The lowest BCUT2D eigenvalue weighted by Crippen LogP contribution is -2.25. The molecule has 36 heavy (non-hydrogen) atoms. The number of hydrogen-bond donors (Lipinski definition) is 2. The molecule has 3 aromatic rings. The van der Waals surface area contributed by atoms with Crippen LogP contribution in [0.4, 0.5) is 5.95 Å². The lowest BCUT2D eigenvalue weighted by atomic mass is 9.71. The minimum Gasteiger partial charge on any atom is -0.330 e. The Hall–Kier alpha value is -4.07. The molecule has 4 rings (SSSR count). The van der Waals surface area contributed by atoms with E-state index in [0.717, 1.165) is 24.0 Å². The Morgan fingerprint density at radius 3 is 2.81 bits per heavy atom. The van der Waals surface area contributed by atoms with E-state index in [1.54, 1.807) is 6.20 Å². The molecule has 0 spiro atoms. The molecule has 8 nitrogen and oxygen atoms in total. The third kappa shape index (κ3) is 5.94. The van der Waals surface area contributed by atoms with Gasteiger partial charge in [-0.1, -0.05) is 49.8 Å². The first-order chi connectivity index (χ1) is 17.2. The SMILES string of the molecule is CC(C=CC1=C(C)C(n2ccnc2)CCC1(C)C)=CC=CC(C)=CC(=O)Nc1nc2ncncc2[nH]1. The van der Waals surface area contributed by atoms with Crippen molar-refractivity contribution in [2.75, 3.05) is 5.32 Å². The van der Waals surface area contributed by atoms with Gasteiger partial charge in [-0.2, -0.15) is 4.98 Å². The highest BCUT2D eigenvalue weighted by Crippen LogP contribution is 2.45. The number of carbonyl (C=O) groups excluding carboxylic acids is 1. The first kappa shape index (κ1) is 25.0. The Morgan fingerprint density at radius 2 is 2.06 bits per heavy atom. The molecule has 0 saturated heterocycles. The van der Waals surface area contributed by atoms with Crippen molar-refractivity contribution in [3.8, 4) is 0 Å². The smallest absolute Gasteiger partial charge is 0.250 e. The van der Waals surface area contributed by atoms with Gasteiger partial charge in [0.25, 0.3) is 5.91 Å². The van der Waals surface area contributed by atoms with Crippen molar-refractivity contribution < 1.29 is 4.79 Å². The van der Waals surface area contributed by atoms with Gasteiger partial charge in [0, 0.05) is 18.5 Å². The summed E-state index contributed by atoms with van der Waals surface area (Å²) in [5, 5.41) is 2.72. The summed E-state index contributed by atoms with van der Waals surface area (Å²) in [6.07, 6.45) is 22.9. The summed E-state index contributed by atoms with van der Waals surface area (Å²) in [4.78, 5) is 31.7. The van der Waals surface area contributed by atoms with Crippen LogP contribution >= 0.6 is 0 Å². The zero-order chi connectivity index (χ0) is 25.7. The number of hydrogen-bond acceptors (Lipinski definition) is 5. The van der Waals surface area contributed by atoms with Crippen LogP contribution in [0.3, 0.4) is 0 Å². The zero-order valence-electron chi connectivity index (χ0n) is 21.5. The highest BCUT2D eigenvalue weighted by molar-refractivity contribution is 5.99. The van der Waals surface area contributed by atoms with Crippen molar-refractivity contribution in [1.29, 1.82) is 0 Å². The van der Waals surface area contributed by atoms with E-state index in [1.807, 2.05) is 43.9 Å². The van der Waals surface area contributed by atoms with Gasteiger partial charge in [-0.05, 0) is 55.7 Å². The second kappa shape index (κ2) is 10.7. The average molecular weight is 484 g/mol. The molecular formula is C28H33N7O. The fourth-order valence-corrected chi connectivity index (χ4v) is 4.60. The second-order valence-corrected chi connectivity index (χ2v) is 9.87.